The van der Waals surface area contributed by atoms with Gasteiger partial charge in [-0.25, -0.2) is 4.90 Å². The number of hydrogen-bond acceptors (Lipinski definition) is 8. The fraction of sp³-hybridized carbons (Fsp3) is 0.233. The number of amides is 3. The first-order valence-corrected chi connectivity index (χ1v) is 13.1. The van der Waals surface area contributed by atoms with Crippen LogP contribution in [0.2, 0.25) is 0 Å². The van der Waals surface area contributed by atoms with Crippen LogP contribution < -0.4 is 29.2 Å². The topological polar surface area (TPSA) is 107 Å². The highest BCUT2D eigenvalue weighted by Gasteiger charge is 2.64. The molecule has 1 N–H and O–H groups in total. The molecule has 3 amide bonds. The summed E-state index contributed by atoms with van der Waals surface area (Å²) in [6.45, 7) is 0.930. The fourth-order valence-corrected chi connectivity index (χ4v) is 6.47. The molecule has 0 unspecified atom stereocenters. The van der Waals surface area contributed by atoms with E-state index in [-0.39, 0.29) is 18.6 Å². The van der Waals surface area contributed by atoms with Gasteiger partial charge in [0.1, 0.15) is 19.3 Å². The van der Waals surface area contributed by atoms with E-state index in [0.29, 0.717) is 47.6 Å². The molecule has 5 aliphatic heterocycles. The van der Waals surface area contributed by atoms with Crippen molar-refractivity contribution in [3.8, 4) is 23.0 Å². The van der Waals surface area contributed by atoms with Crippen LogP contribution in [0, 0.1) is 11.8 Å². The minimum Gasteiger partial charge on any atom is -0.486 e. The van der Waals surface area contributed by atoms with Crippen molar-refractivity contribution in [3.05, 3.63) is 78.0 Å². The summed E-state index contributed by atoms with van der Waals surface area (Å²) < 4.78 is 22.1. The number of imide groups is 1. The maximum atomic E-state index is 14.1. The first-order valence-electron chi connectivity index (χ1n) is 13.1. The summed E-state index contributed by atoms with van der Waals surface area (Å²) in [7, 11) is 0. The maximum Gasteiger partial charge on any atom is 0.247 e. The number of ether oxygens (including phenoxy) is 4. The van der Waals surface area contributed by atoms with Gasteiger partial charge in [-0.05, 0) is 41.5 Å². The van der Waals surface area contributed by atoms with E-state index in [9.17, 15) is 14.4 Å². The lowest BCUT2D eigenvalue weighted by Crippen LogP contribution is -2.46. The van der Waals surface area contributed by atoms with Gasteiger partial charge in [-0.2, -0.15) is 0 Å². The Balaban J connectivity index is 1.19. The summed E-state index contributed by atoms with van der Waals surface area (Å²) >= 11 is 0. The number of fused-ring (bicyclic) bond motifs is 7. The van der Waals surface area contributed by atoms with Crippen molar-refractivity contribution in [2.75, 3.05) is 30.2 Å². The molecule has 2 fully saturated rings. The number of nitrogens with zero attached hydrogens (tertiary/aromatic N) is 2. The number of anilines is 2. The molecule has 0 bridgehead atoms. The molecule has 0 radical (unpaired) electrons. The summed E-state index contributed by atoms with van der Waals surface area (Å²) in [6, 6.07) is 16.5. The predicted molar refractivity (Wildman–Crippen MR) is 142 cm³/mol. The average molecular weight is 538 g/mol. The molecule has 5 aliphatic rings. The molecule has 0 aromatic heterocycles. The molecule has 4 atom stereocenters. The van der Waals surface area contributed by atoms with E-state index >= 15 is 0 Å². The maximum absolute atomic E-state index is 14.1. The third-order valence-corrected chi connectivity index (χ3v) is 8.15. The van der Waals surface area contributed by atoms with Crippen LogP contribution in [-0.4, -0.2) is 48.7 Å². The van der Waals surface area contributed by atoms with Crippen molar-refractivity contribution >= 4 is 35.2 Å². The zero-order valence-corrected chi connectivity index (χ0v) is 21.1. The molecule has 0 spiro atoms. The van der Waals surface area contributed by atoms with Crippen LogP contribution in [0.25, 0.3) is 6.08 Å². The van der Waals surface area contributed by atoms with E-state index in [4.69, 9.17) is 18.9 Å². The Hall–Kier alpha value is -4.99. The van der Waals surface area contributed by atoms with Crippen molar-refractivity contribution in [2.45, 2.75) is 12.1 Å². The highest BCUT2D eigenvalue weighted by molar-refractivity contribution is 6.24. The van der Waals surface area contributed by atoms with E-state index in [1.807, 2.05) is 41.4 Å². The largest absolute Gasteiger partial charge is 0.486 e. The summed E-state index contributed by atoms with van der Waals surface area (Å²) in [6.07, 6.45) is 3.74. The molecular weight excluding hydrogens is 514 g/mol. The Morgan fingerprint density at radius 1 is 0.800 bits per heavy atom. The van der Waals surface area contributed by atoms with Crippen LogP contribution in [0.5, 0.6) is 23.0 Å². The Kier molecular flexibility index (Phi) is 4.88. The van der Waals surface area contributed by atoms with E-state index in [0.717, 1.165) is 11.1 Å². The third kappa shape index (κ3) is 3.25. The van der Waals surface area contributed by atoms with E-state index in [2.05, 4.69) is 5.32 Å². The van der Waals surface area contributed by atoms with Gasteiger partial charge in [0.25, 0.3) is 0 Å². The predicted octanol–water partition coefficient (Wildman–Crippen LogP) is 3.34. The molecule has 5 heterocycles. The van der Waals surface area contributed by atoms with Crippen molar-refractivity contribution in [1.82, 2.24) is 4.90 Å². The third-order valence-electron chi connectivity index (χ3n) is 8.15. The van der Waals surface area contributed by atoms with Gasteiger partial charge in [0.15, 0.2) is 23.0 Å². The van der Waals surface area contributed by atoms with E-state index in [1.54, 1.807) is 36.4 Å². The van der Waals surface area contributed by atoms with Gasteiger partial charge in [0, 0.05) is 24.0 Å². The van der Waals surface area contributed by atoms with Gasteiger partial charge in [-0.3, -0.25) is 14.4 Å². The zero-order chi connectivity index (χ0) is 27.0. The van der Waals surface area contributed by atoms with Gasteiger partial charge in [0.2, 0.25) is 24.5 Å². The number of rotatable bonds is 3. The van der Waals surface area contributed by atoms with Gasteiger partial charge >= 0.3 is 0 Å². The molecule has 0 saturated carbocycles. The van der Waals surface area contributed by atoms with Crippen molar-refractivity contribution in [3.63, 3.8) is 0 Å². The smallest absolute Gasteiger partial charge is 0.247 e. The van der Waals surface area contributed by atoms with Crippen LogP contribution in [0.15, 0.2) is 66.9 Å². The van der Waals surface area contributed by atoms with Crippen LogP contribution in [0.1, 0.15) is 17.2 Å². The highest BCUT2D eigenvalue weighted by atomic mass is 16.7. The minimum absolute atomic E-state index is 0.116. The standard InChI is InChI=1S/C30H23N3O7/c34-28(31-17-5-7-21-22(13-17)40-15-39-21)27-25-24(26-19-4-2-1-3-16(19)9-10-32(26)27)29(35)33(30(25)36)18-6-8-20-23(14-18)38-12-11-37-20/h1-10,13-14,24-27H,11-12,15H2,(H,31,34)/t24-,25+,26+,27-/m0/s1. The van der Waals surface area contributed by atoms with E-state index < -0.39 is 29.8 Å². The molecule has 200 valence electrons. The highest BCUT2D eigenvalue weighted by Crippen LogP contribution is 2.53. The summed E-state index contributed by atoms with van der Waals surface area (Å²) in [5.74, 6) is -0.618. The van der Waals surface area contributed by atoms with Crippen LogP contribution in [-0.2, 0) is 14.4 Å². The Bertz CT molecular complexity index is 1640. The van der Waals surface area contributed by atoms with Crippen molar-refractivity contribution < 1.29 is 33.3 Å². The van der Waals surface area contributed by atoms with Gasteiger partial charge < -0.3 is 29.2 Å². The lowest BCUT2D eigenvalue weighted by Gasteiger charge is -2.35. The number of nitrogens with one attached hydrogen (secondary N) is 1. The van der Waals surface area contributed by atoms with Crippen molar-refractivity contribution in [1.29, 1.82) is 0 Å². The second-order valence-corrected chi connectivity index (χ2v) is 10.2. The molecular formula is C30H23N3O7. The molecule has 2 saturated heterocycles. The molecule has 3 aromatic rings. The first-order chi connectivity index (χ1) is 19.6. The van der Waals surface area contributed by atoms with Gasteiger partial charge in [-0.1, -0.05) is 24.3 Å². The zero-order valence-electron chi connectivity index (χ0n) is 21.1. The number of hydrogen-bond donors (Lipinski definition) is 1. The average Bonchev–Trinajstić information content (AvgIpc) is 3.65. The number of benzene rings is 3. The molecule has 0 aliphatic carbocycles. The Morgan fingerprint density at radius 3 is 2.42 bits per heavy atom. The summed E-state index contributed by atoms with van der Waals surface area (Å²) in [5.41, 5.74) is 2.77. The molecule has 40 heavy (non-hydrogen) atoms. The normalized spacial score (nSPS) is 25.0. The van der Waals surface area contributed by atoms with Gasteiger partial charge in [-0.15, -0.1) is 0 Å². The quantitative estimate of drug-likeness (QED) is 0.507. The second-order valence-electron chi connectivity index (χ2n) is 10.2. The fourth-order valence-electron chi connectivity index (χ4n) is 6.47. The SMILES string of the molecule is O=C(Nc1ccc2c(c1)OCO2)[C@@H]1[C@@H]2C(=O)N(c3ccc4c(c3)OCCO4)C(=O)[C@@H]2[C@H]2c3ccccc3C=CN12. The number of carbonyl (C=O) groups excluding carboxylic acids is 3. The molecule has 8 rings (SSSR count). The monoisotopic (exact) mass is 537 g/mol. The van der Waals surface area contributed by atoms with Gasteiger partial charge in [0.05, 0.1) is 23.6 Å². The Labute approximate surface area is 228 Å². The summed E-state index contributed by atoms with van der Waals surface area (Å²) in [5, 5.41) is 2.95. The summed E-state index contributed by atoms with van der Waals surface area (Å²) in [4.78, 5) is 45.2. The molecule has 3 aromatic carbocycles. The minimum atomic E-state index is -0.913. The van der Waals surface area contributed by atoms with Crippen molar-refractivity contribution in [2.24, 2.45) is 11.8 Å². The first kappa shape index (κ1) is 22.9. The molecule has 10 heteroatoms. The molecule has 10 nitrogen and oxygen atoms in total. The lowest BCUT2D eigenvalue weighted by atomic mass is 9.84. The number of carbonyl (C=O) groups is 3. The van der Waals surface area contributed by atoms with Crippen LogP contribution in [0.4, 0.5) is 11.4 Å². The second kappa shape index (κ2) is 8.51. The van der Waals surface area contributed by atoms with E-state index in [1.165, 1.54) is 4.90 Å². The Morgan fingerprint density at radius 2 is 1.52 bits per heavy atom. The van der Waals surface area contributed by atoms with Crippen LogP contribution in [0.3, 0.4) is 0 Å². The van der Waals surface area contributed by atoms with Crippen LogP contribution >= 0.6 is 0 Å². The lowest BCUT2D eigenvalue weighted by molar-refractivity contribution is -0.128.